The zero-order chi connectivity index (χ0) is 35.1. The van der Waals surface area contributed by atoms with Crippen LogP contribution in [-0.2, 0) is 0 Å². The SMILES string of the molecule is CCOc1ccc(N=C(O)c2c(C(=O)O)c3c(C(=O)O)ccc4c5cccc6cccc(c(c2C(O)=Nc2ccc(OCC)cc2)c34)c65)cc1. The van der Waals surface area contributed by atoms with Gasteiger partial charge in [0.1, 0.15) is 11.5 Å². The molecule has 7 aromatic carbocycles. The Kier molecular flexibility index (Phi) is 8.12. The molecule has 0 bridgehead atoms. The maximum Gasteiger partial charge on any atom is 0.337 e. The van der Waals surface area contributed by atoms with Gasteiger partial charge in [0.05, 0.1) is 46.8 Å². The Labute approximate surface area is 285 Å². The van der Waals surface area contributed by atoms with Crippen molar-refractivity contribution in [3.8, 4) is 11.5 Å². The third kappa shape index (κ3) is 5.32. The molecule has 0 saturated carbocycles. The third-order valence-corrected chi connectivity index (χ3v) is 8.58. The maximum absolute atomic E-state index is 13.4. The summed E-state index contributed by atoms with van der Waals surface area (Å²) in [6, 6.07) is 27.3. The molecule has 0 spiro atoms. The van der Waals surface area contributed by atoms with Gasteiger partial charge >= 0.3 is 11.9 Å². The number of ether oxygens (including phenoxy) is 2. The first-order valence-electron chi connectivity index (χ1n) is 15.9. The lowest BCUT2D eigenvalue weighted by Crippen LogP contribution is -2.19. The van der Waals surface area contributed by atoms with Gasteiger partial charge in [-0.05, 0) is 101 Å². The lowest BCUT2D eigenvalue weighted by molar-refractivity contribution is 0.0695. The number of nitrogens with zero attached hydrogens (tertiary/aromatic N) is 2. The van der Waals surface area contributed by atoms with E-state index < -0.39 is 34.9 Å². The summed E-state index contributed by atoms with van der Waals surface area (Å²) in [7, 11) is 0. The van der Waals surface area contributed by atoms with Gasteiger partial charge < -0.3 is 29.9 Å². The summed E-state index contributed by atoms with van der Waals surface area (Å²) >= 11 is 0. The Morgan fingerprint density at radius 2 is 1.04 bits per heavy atom. The molecule has 0 fully saturated rings. The molecule has 0 heterocycles. The van der Waals surface area contributed by atoms with Crippen molar-refractivity contribution in [3.63, 3.8) is 0 Å². The Bertz CT molecular complexity index is 2510. The fourth-order valence-corrected chi connectivity index (χ4v) is 6.65. The normalized spacial score (nSPS) is 12.3. The lowest BCUT2D eigenvalue weighted by Gasteiger charge is -2.22. The van der Waals surface area contributed by atoms with Gasteiger partial charge in [-0.25, -0.2) is 19.6 Å². The van der Waals surface area contributed by atoms with Crippen molar-refractivity contribution in [1.29, 1.82) is 0 Å². The van der Waals surface area contributed by atoms with Crippen LogP contribution in [-0.4, -0.2) is 57.4 Å². The number of carbonyl (C=O) groups is 2. The molecule has 4 N–H and O–H groups in total. The highest BCUT2D eigenvalue weighted by molar-refractivity contribution is 6.40. The van der Waals surface area contributed by atoms with E-state index >= 15 is 0 Å². The topological polar surface area (TPSA) is 158 Å². The van der Waals surface area contributed by atoms with Crippen molar-refractivity contribution >= 4 is 78.2 Å². The van der Waals surface area contributed by atoms with Crippen LogP contribution in [0.3, 0.4) is 0 Å². The third-order valence-electron chi connectivity index (χ3n) is 8.58. The first-order chi connectivity index (χ1) is 24.2. The highest BCUT2D eigenvalue weighted by Crippen LogP contribution is 2.46. The number of rotatable bonds is 10. The van der Waals surface area contributed by atoms with Crippen LogP contribution in [0.1, 0.15) is 45.7 Å². The molecule has 10 nitrogen and oxygen atoms in total. The molecular formula is C40H30N2O8. The quantitative estimate of drug-likeness (QED) is 0.0487. The van der Waals surface area contributed by atoms with Crippen LogP contribution in [0.4, 0.5) is 11.4 Å². The molecule has 0 unspecified atom stereocenters. The number of carboxylic acids is 2. The molecule has 10 heteroatoms. The van der Waals surface area contributed by atoms with Crippen molar-refractivity contribution in [3.05, 3.63) is 119 Å². The minimum Gasteiger partial charge on any atom is -0.494 e. The zero-order valence-electron chi connectivity index (χ0n) is 27.0. The summed E-state index contributed by atoms with van der Waals surface area (Å²) in [5.41, 5.74) is -0.787. The Morgan fingerprint density at radius 1 is 0.520 bits per heavy atom. The molecule has 0 saturated heterocycles. The minimum atomic E-state index is -1.54. The van der Waals surface area contributed by atoms with E-state index in [1.54, 1.807) is 54.6 Å². The van der Waals surface area contributed by atoms with Gasteiger partial charge in [0.15, 0.2) is 0 Å². The van der Waals surface area contributed by atoms with Crippen LogP contribution < -0.4 is 9.47 Å². The van der Waals surface area contributed by atoms with Crippen LogP contribution in [0.25, 0.3) is 43.1 Å². The Hall–Kier alpha value is -6.68. The number of hydrogen-bond donors (Lipinski definition) is 4. The van der Waals surface area contributed by atoms with E-state index in [0.717, 1.165) is 16.2 Å². The van der Waals surface area contributed by atoms with Gasteiger partial charge in [0, 0.05) is 10.8 Å². The predicted molar refractivity (Wildman–Crippen MR) is 194 cm³/mol. The fourth-order valence-electron chi connectivity index (χ4n) is 6.65. The lowest BCUT2D eigenvalue weighted by atomic mass is 9.81. The van der Waals surface area contributed by atoms with Crippen LogP contribution >= 0.6 is 0 Å². The molecule has 0 aliphatic carbocycles. The number of aromatic carboxylic acids is 2. The summed E-state index contributed by atoms with van der Waals surface area (Å²) in [6.07, 6.45) is 0. The average molecular weight is 667 g/mol. The fraction of sp³-hybridized carbons (Fsp3) is 0.100. The second kappa shape index (κ2) is 12.7. The van der Waals surface area contributed by atoms with Gasteiger partial charge in [-0.3, -0.25) is 0 Å². The van der Waals surface area contributed by atoms with Crippen molar-refractivity contribution in [2.45, 2.75) is 13.8 Å². The van der Waals surface area contributed by atoms with Gasteiger partial charge in [0.2, 0.25) is 11.8 Å². The first kappa shape index (κ1) is 31.9. The van der Waals surface area contributed by atoms with Crippen LogP contribution in [0.15, 0.2) is 107 Å². The van der Waals surface area contributed by atoms with E-state index in [1.807, 2.05) is 50.2 Å². The summed E-state index contributed by atoms with van der Waals surface area (Å²) in [5, 5.41) is 49.2. The number of carboxylic acid groups (broad SMARTS) is 2. The van der Waals surface area contributed by atoms with Crippen molar-refractivity contribution in [2.24, 2.45) is 9.98 Å². The molecule has 0 radical (unpaired) electrons. The summed E-state index contributed by atoms with van der Waals surface area (Å²) in [5.74, 6) is -3.11. The molecule has 248 valence electrons. The molecular weight excluding hydrogens is 636 g/mol. The Balaban J connectivity index is 1.68. The second-order valence-corrected chi connectivity index (χ2v) is 11.5. The largest absolute Gasteiger partial charge is 0.494 e. The summed E-state index contributed by atoms with van der Waals surface area (Å²) in [6.45, 7) is 4.59. The van der Waals surface area contributed by atoms with Gasteiger partial charge in [-0.2, -0.15) is 0 Å². The number of benzene rings is 7. The number of fused-ring (bicyclic) bond motifs is 2. The second-order valence-electron chi connectivity index (χ2n) is 11.5. The predicted octanol–water partition coefficient (Wildman–Crippen LogP) is 9.20. The monoisotopic (exact) mass is 666 g/mol. The molecule has 0 aromatic heterocycles. The van der Waals surface area contributed by atoms with Gasteiger partial charge in [-0.1, -0.05) is 42.5 Å². The number of aliphatic imine (C=N–C) groups is 2. The van der Waals surface area contributed by atoms with E-state index in [-0.39, 0.29) is 27.6 Å². The van der Waals surface area contributed by atoms with Crippen molar-refractivity contribution in [1.82, 2.24) is 0 Å². The van der Waals surface area contributed by atoms with Gasteiger partial charge in [-0.15, -0.1) is 0 Å². The van der Waals surface area contributed by atoms with E-state index in [9.17, 15) is 30.0 Å². The Morgan fingerprint density at radius 3 is 1.56 bits per heavy atom. The van der Waals surface area contributed by atoms with Crippen LogP contribution in [0.2, 0.25) is 0 Å². The molecule has 7 aromatic rings. The molecule has 0 amide bonds. The van der Waals surface area contributed by atoms with E-state index in [1.165, 1.54) is 6.07 Å². The van der Waals surface area contributed by atoms with E-state index in [4.69, 9.17) is 9.47 Å². The highest BCUT2D eigenvalue weighted by atomic mass is 16.5. The van der Waals surface area contributed by atoms with Crippen LogP contribution in [0.5, 0.6) is 11.5 Å². The van der Waals surface area contributed by atoms with Crippen molar-refractivity contribution < 1.29 is 39.5 Å². The van der Waals surface area contributed by atoms with Gasteiger partial charge in [0.25, 0.3) is 0 Å². The zero-order valence-corrected chi connectivity index (χ0v) is 27.0. The molecule has 0 aliphatic heterocycles. The molecule has 50 heavy (non-hydrogen) atoms. The van der Waals surface area contributed by atoms with Crippen molar-refractivity contribution in [2.75, 3.05) is 13.2 Å². The summed E-state index contributed by atoms with van der Waals surface area (Å²) < 4.78 is 11.1. The van der Waals surface area contributed by atoms with E-state index in [0.29, 0.717) is 46.6 Å². The number of aliphatic hydroxyl groups excluding tert-OH is 2. The average Bonchev–Trinajstić information content (AvgIpc) is 3.11. The standard InChI is InChI=1S/C40H30N2O8/c1-3-49-24-15-11-22(12-16-24)41-37(43)34-32-28-10-6-8-21-7-5-9-26(30(21)28)27-19-20-29(39(45)46)33(31(27)32)36(40(47)48)35(34)38(44)42-23-13-17-25(18-14-23)50-4-2/h5-20H,3-4H2,1-2H3,(H,41,43)(H,42,44)(H,45,46)(H,47,48). The van der Waals surface area contributed by atoms with Crippen LogP contribution in [0, 0.1) is 0 Å². The number of hydrogen-bond acceptors (Lipinski definition) is 6. The summed E-state index contributed by atoms with van der Waals surface area (Å²) in [4.78, 5) is 35.0. The highest BCUT2D eigenvalue weighted by Gasteiger charge is 2.32. The minimum absolute atomic E-state index is 0.120. The number of aliphatic hydroxyl groups is 2. The molecule has 7 rings (SSSR count). The maximum atomic E-state index is 13.4. The first-order valence-corrected chi connectivity index (χ1v) is 15.9. The smallest absolute Gasteiger partial charge is 0.337 e. The molecule has 0 atom stereocenters. The molecule has 0 aliphatic rings. The van der Waals surface area contributed by atoms with E-state index in [2.05, 4.69) is 9.98 Å².